The van der Waals surface area contributed by atoms with Gasteiger partial charge in [0.1, 0.15) is 11.5 Å². The first kappa shape index (κ1) is 11.7. The molecule has 1 N–H and O–H groups in total. The van der Waals surface area contributed by atoms with Gasteiger partial charge < -0.3 is 9.84 Å². The SMILES string of the molecule is COc1ccc(C)c(C2=C(O)C(C)CC2=O)c1. The van der Waals surface area contributed by atoms with Gasteiger partial charge in [0, 0.05) is 12.3 Å². The first-order valence-electron chi connectivity index (χ1n) is 5.66. The van der Waals surface area contributed by atoms with E-state index in [2.05, 4.69) is 0 Å². The Balaban J connectivity index is 2.57. The second kappa shape index (κ2) is 4.24. The zero-order chi connectivity index (χ0) is 12.6. The fraction of sp³-hybridized carbons (Fsp3) is 0.357. The Morgan fingerprint density at radius 2 is 2.12 bits per heavy atom. The molecule has 0 saturated carbocycles. The molecule has 0 fully saturated rings. The van der Waals surface area contributed by atoms with E-state index in [0.717, 1.165) is 11.1 Å². The van der Waals surface area contributed by atoms with Crippen molar-refractivity contribution in [1.29, 1.82) is 0 Å². The number of aryl methyl sites for hydroxylation is 1. The van der Waals surface area contributed by atoms with E-state index in [1.54, 1.807) is 13.2 Å². The molecule has 1 aliphatic rings. The number of methoxy groups -OCH3 is 1. The number of hydrogen-bond acceptors (Lipinski definition) is 3. The number of carbonyl (C=O) groups excluding carboxylic acids is 1. The second-order valence-electron chi connectivity index (χ2n) is 4.47. The van der Waals surface area contributed by atoms with Crippen LogP contribution in [0.25, 0.3) is 5.57 Å². The van der Waals surface area contributed by atoms with Crippen LogP contribution in [0.2, 0.25) is 0 Å². The van der Waals surface area contributed by atoms with Crippen LogP contribution in [0, 0.1) is 12.8 Å². The average Bonchev–Trinajstić information content (AvgIpc) is 2.55. The molecule has 1 aromatic carbocycles. The van der Waals surface area contributed by atoms with E-state index in [-0.39, 0.29) is 17.5 Å². The van der Waals surface area contributed by atoms with Crippen molar-refractivity contribution in [3.63, 3.8) is 0 Å². The summed E-state index contributed by atoms with van der Waals surface area (Å²) in [5.41, 5.74) is 2.19. The molecule has 1 aliphatic carbocycles. The van der Waals surface area contributed by atoms with Gasteiger partial charge in [-0.05, 0) is 30.2 Å². The van der Waals surface area contributed by atoms with Gasteiger partial charge in [0.15, 0.2) is 5.78 Å². The Morgan fingerprint density at radius 1 is 1.41 bits per heavy atom. The fourth-order valence-electron chi connectivity index (χ4n) is 2.15. The Hall–Kier alpha value is -1.77. The average molecular weight is 232 g/mol. The topological polar surface area (TPSA) is 46.5 Å². The molecule has 0 bridgehead atoms. The summed E-state index contributed by atoms with van der Waals surface area (Å²) in [5, 5.41) is 9.99. The molecule has 0 amide bonds. The number of aliphatic hydroxyl groups excluding tert-OH is 1. The quantitative estimate of drug-likeness (QED) is 0.852. The number of benzene rings is 1. The van der Waals surface area contributed by atoms with Crippen LogP contribution in [-0.4, -0.2) is 18.0 Å². The molecular weight excluding hydrogens is 216 g/mol. The summed E-state index contributed by atoms with van der Waals surface area (Å²) in [6.45, 7) is 3.78. The zero-order valence-electron chi connectivity index (χ0n) is 10.3. The molecule has 3 heteroatoms. The predicted molar refractivity (Wildman–Crippen MR) is 66.1 cm³/mol. The zero-order valence-corrected chi connectivity index (χ0v) is 10.3. The molecule has 0 spiro atoms. The number of hydrogen-bond donors (Lipinski definition) is 1. The van der Waals surface area contributed by atoms with Crippen LogP contribution in [0.15, 0.2) is 24.0 Å². The monoisotopic (exact) mass is 232 g/mol. The van der Waals surface area contributed by atoms with Crippen molar-refractivity contribution in [1.82, 2.24) is 0 Å². The molecular formula is C14H16O3. The summed E-state index contributed by atoms with van der Waals surface area (Å²) < 4.78 is 5.15. The van der Waals surface area contributed by atoms with Crippen LogP contribution < -0.4 is 4.74 Å². The summed E-state index contributed by atoms with van der Waals surface area (Å²) in [7, 11) is 1.59. The third kappa shape index (κ3) is 1.93. The van der Waals surface area contributed by atoms with Crippen LogP contribution in [0.1, 0.15) is 24.5 Å². The van der Waals surface area contributed by atoms with Crippen molar-refractivity contribution in [2.45, 2.75) is 20.3 Å². The van der Waals surface area contributed by atoms with E-state index in [0.29, 0.717) is 17.7 Å². The van der Waals surface area contributed by atoms with Crippen LogP contribution in [0.5, 0.6) is 5.75 Å². The molecule has 0 aromatic heterocycles. The van der Waals surface area contributed by atoms with E-state index in [1.165, 1.54) is 0 Å². The minimum absolute atomic E-state index is 0.00588. The van der Waals surface area contributed by atoms with Gasteiger partial charge >= 0.3 is 0 Å². The van der Waals surface area contributed by atoms with Crippen molar-refractivity contribution in [2.75, 3.05) is 7.11 Å². The Bertz CT molecular complexity index is 500. The van der Waals surface area contributed by atoms with Crippen molar-refractivity contribution >= 4 is 11.4 Å². The highest BCUT2D eigenvalue weighted by Gasteiger charge is 2.31. The molecule has 0 saturated heterocycles. The van der Waals surface area contributed by atoms with Gasteiger partial charge in [-0.15, -0.1) is 0 Å². The smallest absolute Gasteiger partial charge is 0.167 e. The van der Waals surface area contributed by atoms with Crippen LogP contribution in [-0.2, 0) is 4.79 Å². The van der Waals surface area contributed by atoms with Gasteiger partial charge in [-0.1, -0.05) is 13.0 Å². The van der Waals surface area contributed by atoms with Gasteiger partial charge in [0.05, 0.1) is 12.7 Å². The maximum Gasteiger partial charge on any atom is 0.167 e. The summed E-state index contributed by atoms with van der Waals surface area (Å²) in [6.07, 6.45) is 0.387. The molecule has 1 aromatic rings. The van der Waals surface area contributed by atoms with Crippen LogP contribution in [0.3, 0.4) is 0 Å². The number of ketones is 1. The third-order valence-electron chi connectivity index (χ3n) is 3.21. The number of ether oxygens (including phenoxy) is 1. The third-order valence-corrected chi connectivity index (χ3v) is 3.21. The summed E-state index contributed by atoms with van der Waals surface area (Å²) in [6, 6.07) is 5.54. The van der Waals surface area contributed by atoms with Crippen molar-refractivity contribution in [3.8, 4) is 5.75 Å². The molecule has 0 aliphatic heterocycles. The lowest BCUT2D eigenvalue weighted by molar-refractivity contribution is -0.113. The lowest BCUT2D eigenvalue weighted by Crippen LogP contribution is -1.99. The Labute approximate surface area is 101 Å². The standard InChI is InChI=1S/C14H16O3/c1-8-4-5-10(17-3)7-11(8)13-12(15)6-9(2)14(13)16/h4-5,7,9,16H,6H2,1-3H3. The number of rotatable bonds is 2. The van der Waals surface area contributed by atoms with E-state index >= 15 is 0 Å². The van der Waals surface area contributed by atoms with E-state index in [1.807, 2.05) is 26.0 Å². The maximum absolute atomic E-state index is 11.9. The molecule has 1 atom stereocenters. The van der Waals surface area contributed by atoms with Gasteiger partial charge in [-0.2, -0.15) is 0 Å². The second-order valence-corrected chi connectivity index (χ2v) is 4.47. The van der Waals surface area contributed by atoms with Gasteiger partial charge in [0.25, 0.3) is 0 Å². The molecule has 17 heavy (non-hydrogen) atoms. The highest BCUT2D eigenvalue weighted by molar-refractivity contribution is 6.24. The van der Waals surface area contributed by atoms with Crippen molar-refractivity contribution in [2.24, 2.45) is 5.92 Å². The fourth-order valence-corrected chi connectivity index (χ4v) is 2.15. The number of allylic oxidation sites excluding steroid dienone is 2. The largest absolute Gasteiger partial charge is 0.511 e. The normalized spacial score (nSPS) is 19.9. The van der Waals surface area contributed by atoms with Crippen molar-refractivity contribution < 1.29 is 14.6 Å². The van der Waals surface area contributed by atoms with E-state index < -0.39 is 0 Å². The van der Waals surface area contributed by atoms with E-state index in [4.69, 9.17) is 4.74 Å². The summed E-state index contributed by atoms with van der Waals surface area (Å²) in [4.78, 5) is 11.9. The van der Waals surface area contributed by atoms with Crippen LogP contribution >= 0.6 is 0 Å². The minimum atomic E-state index is -0.0805. The Kier molecular flexibility index (Phi) is 2.92. The highest BCUT2D eigenvalue weighted by atomic mass is 16.5. The molecule has 3 nitrogen and oxygen atoms in total. The lowest BCUT2D eigenvalue weighted by Gasteiger charge is -2.09. The first-order valence-corrected chi connectivity index (χ1v) is 5.66. The van der Waals surface area contributed by atoms with E-state index in [9.17, 15) is 9.90 Å². The number of Topliss-reactive ketones (excluding diaryl/α,β-unsaturated/α-hetero) is 1. The molecule has 0 radical (unpaired) electrons. The number of aliphatic hydroxyl groups is 1. The molecule has 2 rings (SSSR count). The first-order chi connectivity index (χ1) is 8.04. The molecule has 90 valence electrons. The van der Waals surface area contributed by atoms with Crippen LogP contribution in [0.4, 0.5) is 0 Å². The summed E-state index contributed by atoms with van der Waals surface area (Å²) >= 11 is 0. The van der Waals surface area contributed by atoms with Crippen molar-refractivity contribution in [3.05, 3.63) is 35.1 Å². The Morgan fingerprint density at radius 3 is 2.65 bits per heavy atom. The summed E-state index contributed by atoms with van der Waals surface area (Å²) in [5.74, 6) is 0.819. The number of carbonyl (C=O) groups is 1. The lowest BCUT2D eigenvalue weighted by atomic mass is 9.98. The maximum atomic E-state index is 11.9. The molecule has 1 unspecified atom stereocenters. The highest BCUT2D eigenvalue weighted by Crippen LogP contribution is 2.36. The minimum Gasteiger partial charge on any atom is -0.511 e. The van der Waals surface area contributed by atoms with Gasteiger partial charge in [0.2, 0.25) is 0 Å². The van der Waals surface area contributed by atoms with Gasteiger partial charge in [-0.25, -0.2) is 0 Å². The predicted octanol–water partition coefficient (Wildman–Crippen LogP) is 2.88. The van der Waals surface area contributed by atoms with Gasteiger partial charge in [-0.3, -0.25) is 4.79 Å². The molecule has 0 heterocycles.